The summed E-state index contributed by atoms with van der Waals surface area (Å²) in [5.41, 5.74) is 5.70. The number of likely N-dealkylation sites (tertiary alicyclic amines) is 1. The molecule has 1 saturated carbocycles. The number of nitrogens with zero attached hydrogens (tertiary/aromatic N) is 2. The fraction of sp³-hybridized carbons (Fsp3) is 0.600. The predicted octanol–water partition coefficient (Wildman–Crippen LogP) is 1.91. The lowest BCUT2D eigenvalue weighted by atomic mass is 9.99. The number of nitriles is 1. The summed E-state index contributed by atoms with van der Waals surface area (Å²) in [7, 11) is 0. The van der Waals surface area contributed by atoms with Crippen molar-refractivity contribution in [2.45, 2.75) is 83.1 Å². The number of benzene rings is 1. The van der Waals surface area contributed by atoms with E-state index in [-0.39, 0.29) is 36.3 Å². The number of amides is 3. The number of nitrogens with one attached hydrogen (secondary N) is 2. The molecule has 3 amide bonds. The summed E-state index contributed by atoms with van der Waals surface area (Å²) < 4.78 is 41.5. The summed E-state index contributed by atoms with van der Waals surface area (Å²) in [6.07, 6.45) is 1.48. The molecule has 1 aromatic carbocycles. The fourth-order valence-corrected chi connectivity index (χ4v) is 4.62. The Balaban J connectivity index is 1.74. The van der Waals surface area contributed by atoms with E-state index in [1.54, 1.807) is 0 Å². The number of rotatable bonds is 10. The third-order valence-corrected chi connectivity index (χ3v) is 7.18. The molecule has 1 aliphatic heterocycles. The van der Waals surface area contributed by atoms with Crippen molar-refractivity contribution in [3.8, 4) is 6.07 Å². The maximum atomic E-state index is 14.4. The van der Waals surface area contributed by atoms with Crippen molar-refractivity contribution < 1.29 is 27.6 Å². The topological polar surface area (TPSA) is 128 Å². The Hall–Kier alpha value is -3.13. The molecule has 4 N–H and O–H groups in total. The number of carbonyl (C=O) groups excluding carboxylic acids is 3. The summed E-state index contributed by atoms with van der Waals surface area (Å²) in [4.78, 5) is 39.8. The molecule has 11 heteroatoms. The van der Waals surface area contributed by atoms with Gasteiger partial charge in [0.1, 0.15) is 17.9 Å². The first-order valence-corrected chi connectivity index (χ1v) is 12.2. The Labute approximate surface area is 208 Å². The van der Waals surface area contributed by atoms with Gasteiger partial charge in [0.15, 0.2) is 11.6 Å². The van der Waals surface area contributed by atoms with E-state index in [1.165, 1.54) is 11.8 Å². The van der Waals surface area contributed by atoms with Crippen LogP contribution in [0.1, 0.15) is 52.0 Å². The normalized spacial score (nSPS) is 23.6. The van der Waals surface area contributed by atoms with E-state index >= 15 is 0 Å². The minimum atomic E-state index is -1.35. The van der Waals surface area contributed by atoms with Gasteiger partial charge >= 0.3 is 0 Å². The van der Waals surface area contributed by atoms with E-state index in [9.17, 15) is 32.8 Å². The van der Waals surface area contributed by atoms with Crippen molar-refractivity contribution in [1.82, 2.24) is 15.5 Å². The monoisotopic (exact) mass is 507 g/mol. The lowest BCUT2D eigenvalue weighted by molar-refractivity contribution is -0.134. The molecule has 1 heterocycles. The molecule has 0 aromatic heterocycles. The molecule has 1 aliphatic carbocycles. The molecular weight excluding hydrogens is 475 g/mol. The SMILES string of the molecule is CCC(C)C(N)C(=O)NC(C)C(=O)N[C@@H](CC(=O)N1C(C#N)CC2CC21)Cc1cc(F)c(F)cc1F. The molecule has 36 heavy (non-hydrogen) atoms. The van der Waals surface area contributed by atoms with E-state index in [2.05, 4.69) is 16.7 Å². The summed E-state index contributed by atoms with van der Waals surface area (Å²) in [6.45, 7) is 5.13. The molecule has 7 atom stereocenters. The highest BCUT2D eigenvalue weighted by molar-refractivity contribution is 5.90. The van der Waals surface area contributed by atoms with Crippen LogP contribution in [0.15, 0.2) is 12.1 Å². The molecule has 2 aliphatic rings. The van der Waals surface area contributed by atoms with Gasteiger partial charge in [-0.1, -0.05) is 20.3 Å². The van der Waals surface area contributed by atoms with Crippen molar-refractivity contribution in [1.29, 1.82) is 5.26 Å². The highest BCUT2D eigenvalue weighted by Gasteiger charge is 2.54. The first kappa shape index (κ1) is 27.5. The third-order valence-electron chi connectivity index (χ3n) is 7.18. The molecule has 0 radical (unpaired) electrons. The van der Waals surface area contributed by atoms with Crippen molar-refractivity contribution in [2.24, 2.45) is 17.6 Å². The number of hydrogen-bond donors (Lipinski definition) is 3. The van der Waals surface area contributed by atoms with Crippen molar-refractivity contribution in [3.63, 3.8) is 0 Å². The zero-order valence-corrected chi connectivity index (χ0v) is 20.6. The van der Waals surface area contributed by atoms with Crippen LogP contribution in [0.25, 0.3) is 0 Å². The maximum absolute atomic E-state index is 14.4. The van der Waals surface area contributed by atoms with E-state index in [1.807, 2.05) is 13.8 Å². The second-order valence-electron chi connectivity index (χ2n) is 9.86. The van der Waals surface area contributed by atoms with Crippen LogP contribution in [0, 0.1) is 40.6 Å². The molecule has 6 unspecified atom stereocenters. The van der Waals surface area contributed by atoms with Crippen LogP contribution in [0.3, 0.4) is 0 Å². The van der Waals surface area contributed by atoms with Crippen LogP contribution >= 0.6 is 0 Å². The standard InChI is InChI=1S/C25H32F3N5O3/c1-4-12(2)23(30)25(36)31-13(3)24(35)32-16(5-14-7-19(27)20(28)10-18(14)26)9-22(34)33-17(11-29)6-15-8-21(15)33/h7,10,12-13,15-17,21,23H,4-6,8-9,30H2,1-3H3,(H,31,36)(H,32,35)/t12?,13?,15?,16-,17?,21?,23?/m1/s1. The quantitative estimate of drug-likeness (QED) is 0.417. The van der Waals surface area contributed by atoms with Gasteiger partial charge in [0.05, 0.1) is 12.1 Å². The lowest BCUT2D eigenvalue weighted by Gasteiger charge is -2.27. The molecule has 8 nitrogen and oxygen atoms in total. The third kappa shape index (κ3) is 6.16. The molecule has 2 fully saturated rings. The molecule has 1 aromatic rings. The Morgan fingerprint density at radius 1 is 1.11 bits per heavy atom. The highest BCUT2D eigenvalue weighted by Crippen LogP contribution is 2.47. The first-order valence-electron chi connectivity index (χ1n) is 12.2. The Kier molecular flexibility index (Phi) is 8.61. The van der Waals surface area contributed by atoms with E-state index in [0.29, 0.717) is 25.0 Å². The van der Waals surface area contributed by atoms with Gasteiger partial charge in [0.25, 0.3) is 0 Å². The highest BCUT2D eigenvalue weighted by atomic mass is 19.2. The number of fused-ring (bicyclic) bond motifs is 1. The minimum absolute atomic E-state index is 0.0289. The number of carbonyl (C=O) groups is 3. The van der Waals surface area contributed by atoms with Crippen molar-refractivity contribution >= 4 is 17.7 Å². The number of hydrogen-bond acceptors (Lipinski definition) is 5. The van der Waals surface area contributed by atoms with Crippen LogP contribution in [0.2, 0.25) is 0 Å². The summed E-state index contributed by atoms with van der Waals surface area (Å²) in [5, 5.41) is 14.6. The average molecular weight is 508 g/mol. The van der Waals surface area contributed by atoms with Crippen LogP contribution in [0.5, 0.6) is 0 Å². The smallest absolute Gasteiger partial charge is 0.242 e. The number of halogens is 3. The summed E-state index contributed by atoms with van der Waals surface area (Å²) in [6, 6.07) is -0.223. The van der Waals surface area contributed by atoms with Crippen molar-refractivity contribution in [2.75, 3.05) is 0 Å². The van der Waals surface area contributed by atoms with Gasteiger partial charge in [-0.2, -0.15) is 5.26 Å². The van der Waals surface area contributed by atoms with Gasteiger partial charge in [-0.25, -0.2) is 13.2 Å². The Morgan fingerprint density at radius 3 is 2.42 bits per heavy atom. The van der Waals surface area contributed by atoms with Crippen LogP contribution in [0.4, 0.5) is 13.2 Å². The predicted molar refractivity (Wildman–Crippen MR) is 124 cm³/mol. The maximum Gasteiger partial charge on any atom is 0.242 e. The zero-order valence-electron chi connectivity index (χ0n) is 20.6. The zero-order chi connectivity index (χ0) is 26.7. The van der Waals surface area contributed by atoms with Gasteiger partial charge in [-0.3, -0.25) is 14.4 Å². The van der Waals surface area contributed by atoms with Gasteiger partial charge in [0.2, 0.25) is 17.7 Å². The summed E-state index contributed by atoms with van der Waals surface area (Å²) >= 11 is 0. The second-order valence-corrected chi connectivity index (χ2v) is 9.86. The fourth-order valence-electron chi connectivity index (χ4n) is 4.62. The first-order chi connectivity index (χ1) is 17.0. The minimum Gasteiger partial charge on any atom is -0.351 e. The van der Waals surface area contributed by atoms with Gasteiger partial charge in [-0.15, -0.1) is 0 Å². The van der Waals surface area contributed by atoms with Crippen LogP contribution in [-0.4, -0.2) is 52.8 Å². The lowest BCUT2D eigenvalue weighted by Crippen LogP contribution is -2.54. The van der Waals surface area contributed by atoms with Gasteiger partial charge < -0.3 is 21.3 Å². The molecular formula is C25H32F3N5O3. The van der Waals surface area contributed by atoms with E-state index in [4.69, 9.17) is 5.73 Å². The molecule has 3 rings (SSSR count). The second kappa shape index (κ2) is 11.3. The van der Waals surface area contributed by atoms with Crippen LogP contribution in [-0.2, 0) is 20.8 Å². The molecule has 1 saturated heterocycles. The largest absolute Gasteiger partial charge is 0.351 e. The van der Waals surface area contributed by atoms with Gasteiger partial charge in [-0.05, 0) is 49.7 Å². The van der Waals surface area contributed by atoms with Gasteiger partial charge in [0, 0.05) is 24.6 Å². The molecule has 196 valence electrons. The van der Waals surface area contributed by atoms with Crippen LogP contribution < -0.4 is 16.4 Å². The molecule has 0 spiro atoms. The van der Waals surface area contributed by atoms with E-state index < -0.39 is 59.3 Å². The Morgan fingerprint density at radius 2 is 1.78 bits per heavy atom. The summed E-state index contributed by atoms with van der Waals surface area (Å²) in [5.74, 6) is -5.01. The number of nitrogens with two attached hydrogens (primary N) is 1. The Bertz CT molecular complexity index is 1060. The number of piperidine rings is 1. The van der Waals surface area contributed by atoms with Crippen molar-refractivity contribution in [3.05, 3.63) is 35.1 Å². The molecule has 0 bridgehead atoms. The van der Waals surface area contributed by atoms with E-state index in [0.717, 1.165) is 6.42 Å². The average Bonchev–Trinajstić information content (AvgIpc) is 3.49.